The molecular weight excluding hydrogens is 336 g/mol. The molecule has 1 aliphatic rings. The van der Waals surface area contributed by atoms with Crippen molar-refractivity contribution in [2.24, 2.45) is 4.99 Å². The summed E-state index contributed by atoms with van der Waals surface area (Å²) in [6.07, 6.45) is 5.37. The van der Waals surface area contributed by atoms with Crippen LogP contribution in [0.25, 0.3) is 22.0 Å². The summed E-state index contributed by atoms with van der Waals surface area (Å²) in [5.41, 5.74) is 12.2. The Morgan fingerprint density at radius 3 is 2.81 bits per heavy atom. The van der Waals surface area contributed by atoms with E-state index in [1.165, 1.54) is 5.56 Å². The van der Waals surface area contributed by atoms with Gasteiger partial charge in [-0.1, -0.05) is 18.2 Å². The minimum Gasteiger partial charge on any atom is -0.368 e. The quantitative estimate of drug-likeness (QED) is 0.583. The molecule has 0 saturated carbocycles. The van der Waals surface area contributed by atoms with E-state index in [-0.39, 0.29) is 5.95 Å². The van der Waals surface area contributed by atoms with Crippen LogP contribution in [0.3, 0.4) is 0 Å². The van der Waals surface area contributed by atoms with Crippen molar-refractivity contribution in [3.05, 3.63) is 72.1 Å². The van der Waals surface area contributed by atoms with Crippen molar-refractivity contribution >= 4 is 34.6 Å². The minimum atomic E-state index is 0.239. The van der Waals surface area contributed by atoms with E-state index < -0.39 is 0 Å². The van der Waals surface area contributed by atoms with Gasteiger partial charge >= 0.3 is 0 Å². The number of rotatable bonds is 3. The molecule has 5 rings (SSSR count). The first-order valence-electron chi connectivity index (χ1n) is 8.64. The lowest BCUT2D eigenvalue weighted by molar-refractivity contribution is 1.11. The van der Waals surface area contributed by atoms with E-state index in [9.17, 15) is 0 Å². The summed E-state index contributed by atoms with van der Waals surface area (Å²) in [5, 5.41) is 4.45. The predicted molar refractivity (Wildman–Crippen MR) is 108 cm³/mol. The topological polar surface area (TPSA) is 89.1 Å². The zero-order chi connectivity index (χ0) is 18.2. The van der Waals surface area contributed by atoms with Crippen molar-refractivity contribution < 1.29 is 0 Å². The number of anilines is 3. The molecule has 6 heteroatoms. The molecule has 0 bridgehead atoms. The van der Waals surface area contributed by atoms with E-state index in [0.717, 1.165) is 33.3 Å². The summed E-state index contributed by atoms with van der Waals surface area (Å²) >= 11 is 0. The second kappa shape index (κ2) is 6.17. The molecule has 6 nitrogen and oxygen atoms in total. The zero-order valence-corrected chi connectivity index (χ0v) is 14.4. The highest BCUT2D eigenvalue weighted by molar-refractivity contribution is 5.99. The molecule has 1 aliphatic heterocycles. The van der Waals surface area contributed by atoms with E-state index in [4.69, 9.17) is 5.73 Å². The molecule has 130 valence electrons. The number of pyridine rings is 1. The minimum absolute atomic E-state index is 0.239. The Morgan fingerprint density at radius 1 is 0.926 bits per heavy atom. The molecular formula is C21H16N6. The predicted octanol–water partition coefficient (Wildman–Crippen LogP) is 3.95. The normalized spacial score (nSPS) is 12.3. The SMILES string of the molecule is Nc1nccc(Nc2cc3c(c(-c4cccc5ncccc45)c2)CN=C3)n1. The van der Waals surface area contributed by atoms with Gasteiger partial charge in [0.15, 0.2) is 0 Å². The van der Waals surface area contributed by atoms with Crippen LogP contribution in [0.2, 0.25) is 0 Å². The molecule has 0 radical (unpaired) electrons. The number of fused-ring (bicyclic) bond motifs is 2. The van der Waals surface area contributed by atoms with Crippen LogP contribution < -0.4 is 11.1 Å². The second-order valence-electron chi connectivity index (χ2n) is 6.36. The molecule has 0 spiro atoms. The van der Waals surface area contributed by atoms with Gasteiger partial charge < -0.3 is 11.1 Å². The van der Waals surface area contributed by atoms with Crippen LogP contribution in [0, 0.1) is 0 Å². The number of aliphatic imine (C=N–C) groups is 1. The maximum absolute atomic E-state index is 5.70. The molecule has 0 amide bonds. The molecule has 0 aliphatic carbocycles. The van der Waals surface area contributed by atoms with Gasteiger partial charge in [0, 0.05) is 35.2 Å². The fourth-order valence-corrected chi connectivity index (χ4v) is 3.46. The van der Waals surface area contributed by atoms with Crippen molar-refractivity contribution in [3.8, 4) is 11.1 Å². The molecule has 4 aromatic rings. The molecule has 0 fully saturated rings. The van der Waals surface area contributed by atoms with Gasteiger partial charge in [0.2, 0.25) is 5.95 Å². The van der Waals surface area contributed by atoms with Crippen molar-refractivity contribution in [1.82, 2.24) is 15.0 Å². The van der Waals surface area contributed by atoms with Crippen molar-refractivity contribution in [1.29, 1.82) is 0 Å². The average molecular weight is 352 g/mol. The van der Waals surface area contributed by atoms with Crippen LogP contribution in [0.4, 0.5) is 17.5 Å². The summed E-state index contributed by atoms with van der Waals surface area (Å²) in [5.74, 6) is 0.894. The Bertz CT molecular complexity index is 1190. The molecule has 0 saturated heterocycles. The molecule has 3 heterocycles. The Kier molecular flexibility index (Phi) is 3.53. The summed E-state index contributed by atoms with van der Waals surface area (Å²) in [6.45, 7) is 0.683. The van der Waals surface area contributed by atoms with Gasteiger partial charge in [-0.2, -0.15) is 4.98 Å². The third-order valence-electron chi connectivity index (χ3n) is 4.65. The third-order valence-corrected chi connectivity index (χ3v) is 4.65. The Morgan fingerprint density at radius 2 is 1.89 bits per heavy atom. The highest BCUT2D eigenvalue weighted by atomic mass is 15.1. The van der Waals surface area contributed by atoms with E-state index in [1.807, 2.05) is 30.6 Å². The van der Waals surface area contributed by atoms with Crippen LogP contribution in [0.15, 0.2) is 65.9 Å². The smallest absolute Gasteiger partial charge is 0.221 e. The largest absolute Gasteiger partial charge is 0.368 e. The number of hydrogen-bond donors (Lipinski definition) is 2. The van der Waals surface area contributed by atoms with E-state index >= 15 is 0 Å². The monoisotopic (exact) mass is 352 g/mol. The van der Waals surface area contributed by atoms with E-state index in [0.29, 0.717) is 12.4 Å². The van der Waals surface area contributed by atoms with Crippen LogP contribution >= 0.6 is 0 Å². The van der Waals surface area contributed by atoms with Crippen LogP contribution in [0.5, 0.6) is 0 Å². The number of aromatic nitrogens is 3. The first-order valence-corrected chi connectivity index (χ1v) is 8.64. The van der Waals surface area contributed by atoms with Gasteiger partial charge in [-0.15, -0.1) is 0 Å². The fraction of sp³-hybridized carbons (Fsp3) is 0.0476. The summed E-state index contributed by atoms with van der Waals surface area (Å²) < 4.78 is 0. The molecule has 2 aromatic carbocycles. The third kappa shape index (κ3) is 2.77. The first kappa shape index (κ1) is 15.5. The lowest BCUT2D eigenvalue weighted by Crippen LogP contribution is -2.01. The van der Waals surface area contributed by atoms with Crippen LogP contribution in [-0.4, -0.2) is 21.2 Å². The zero-order valence-electron chi connectivity index (χ0n) is 14.4. The number of hydrogen-bond acceptors (Lipinski definition) is 6. The van der Waals surface area contributed by atoms with Gasteiger partial charge in [-0.3, -0.25) is 9.98 Å². The number of benzene rings is 2. The number of nitrogens with one attached hydrogen (secondary N) is 1. The Labute approximate surface area is 155 Å². The highest BCUT2D eigenvalue weighted by Gasteiger charge is 2.17. The number of nitrogen functional groups attached to an aromatic ring is 1. The molecule has 2 aromatic heterocycles. The summed E-state index contributed by atoms with van der Waals surface area (Å²) in [4.78, 5) is 17.1. The lowest BCUT2D eigenvalue weighted by atomic mass is 9.93. The van der Waals surface area contributed by atoms with Crippen molar-refractivity contribution in [3.63, 3.8) is 0 Å². The Balaban J connectivity index is 1.67. The second-order valence-corrected chi connectivity index (χ2v) is 6.36. The van der Waals surface area contributed by atoms with Crippen molar-refractivity contribution in [2.75, 3.05) is 11.1 Å². The van der Waals surface area contributed by atoms with Crippen LogP contribution in [0.1, 0.15) is 11.1 Å². The average Bonchev–Trinajstić information content (AvgIpc) is 3.16. The first-order chi connectivity index (χ1) is 13.3. The highest BCUT2D eigenvalue weighted by Crippen LogP contribution is 2.36. The van der Waals surface area contributed by atoms with Gasteiger partial charge in [-0.05, 0) is 47.0 Å². The summed E-state index contributed by atoms with van der Waals surface area (Å²) in [6, 6.07) is 16.3. The Hall–Kier alpha value is -3.80. The molecule has 0 unspecified atom stereocenters. The number of nitrogens with two attached hydrogens (primary N) is 1. The van der Waals surface area contributed by atoms with Gasteiger partial charge in [0.1, 0.15) is 5.82 Å². The van der Waals surface area contributed by atoms with Gasteiger partial charge in [0.25, 0.3) is 0 Å². The maximum atomic E-state index is 5.70. The maximum Gasteiger partial charge on any atom is 0.221 e. The fourth-order valence-electron chi connectivity index (χ4n) is 3.46. The van der Waals surface area contributed by atoms with E-state index in [1.54, 1.807) is 12.3 Å². The van der Waals surface area contributed by atoms with Gasteiger partial charge in [0.05, 0.1) is 12.1 Å². The van der Waals surface area contributed by atoms with E-state index in [2.05, 4.69) is 49.5 Å². The lowest BCUT2D eigenvalue weighted by Gasteiger charge is -2.14. The standard InChI is InChI=1S/C21H16N6/c22-21-25-8-6-20(27-21)26-14-9-13-11-23-12-18(13)17(10-14)15-3-1-5-19-16(15)4-2-7-24-19/h1-11H,12H2,(H3,22,25,26,27). The van der Waals surface area contributed by atoms with Crippen molar-refractivity contribution in [2.45, 2.75) is 6.54 Å². The number of nitrogens with zero attached hydrogens (tertiary/aromatic N) is 4. The molecule has 27 heavy (non-hydrogen) atoms. The molecule has 3 N–H and O–H groups in total. The van der Waals surface area contributed by atoms with Crippen LogP contribution in [-0.2, 0) is 6.54 Å². The van der Waals surface area contributed by atoms with Gasteiger partial charge in [-0.25, -0.2) is 4.98 Å². The molecule has 0 atom stereocenters. The summed E-state index contributed by atoms with van der Waals surface area (Å²) in [7, 11) is 0.